The van der Waals surface area contributed by atoms with Crippen molar-refractivity contribution in [2.24, 2.45) is 10.6 Å². The molecule has 0 aromatic carbocycles. The number of hydrogen-bond donors (Lipinski definition) is 2. The summed E-state index contributed by atoms with van der Waals surface area (Å²) in [7, 11) is 0. The van der Waals surface area contributed by atoms with Gasteiger partial charge in [-0.15, -0.1) is 11.3 Å². The predicted octanol–water partition coefficient (Wildman–Crippen LogP) is 2.31. The molecule has 1 rings (SSSR count). The van der Waals surface area contributed by atoms with Crippen molar-refractivity contribution < 1.29 is 19.5 Å². The van der Waals surface area contributed by atoms with Gasteiger partial charge < -0.3 is 15.7 Å². The Hall–Kier alpha value is -1.96. The molecule has 8 heteroatoms. The standard InChI is InChI=1S/C14H21N3O4S/c1-13(2,3)6-9(18)10(8-7-22-12(15)16-8)17-21-14(4,5)11(19)20/h7H,6H2,1-5H3,(H2,15,16)(H,19,20)/b17-10+. The first-order chi connectivity index (χ1) is 9.92. The molecule has 3 N–H and O–H groups in total. The van der Waals surface area contributed by atoms with E-state index in [4.69, 9.17) is 15.7 Å². The van der Waals surface area contributed by atoms with Crippen LogP contribution in [0.1, 0.15) is 46.7 Å². The lowest BCUT2D eigenvalue weighted by molar-refractivity contribution is -0.161. The fourth-order valence-electron chi connectivity index (χ4n) is 1.40. The minimum absolute atomic E-state index is 0.0165. The molecule has 7 nitrogen and oxygen atoms in total. The number of anilines is 1. The predicted molar refractivity (Wildman–Crippen MR) is 84.9 cm³/mol. The van der Waals surface area contributed by atoms with Crippen LogP contribution in [0, 0.1) is 5.41 Å². The van der Waals surface area contributed by atoms with Crippen LogP contribution in [0.3, 0.4) is 0 Å². The van der Waals surface area contributed by atoms with Gasteiger partial charge in [-0.2, -0.15) is 0 Å². The van der Waals surface area contributed by atoms with Crippen molar-refractivity contribution in [2.45, 2.75) is 46.6 Å². The molecule has 0 saturated heterocycles. The monoisotopic (exact) mass is 327 g/mol. The minimum atomic E-state index is -1.55. The number of aromatic nitrogens is 1. The van der Waals surface area contributed by atoms with Gasteiger partial charge in [0.1, 0.15) is 5.69 Å². The highest BCUT2D eigenvalue weighted by atomic mass is 32.1. The van der Waals surface area contributed by atoms with Gasteiger partial charge in [0.15, 0.2) is 16.6 Å². The van der Waals surface area contributed by atoms with Crippen molar-refractivity contribution in [3.05, 3.63) is 11.1 Å². The number of oxime groups is 1. The van der Waals surface area contributed by atoms with Gasteiger partial charge in [0.05, 0.1) is 0 Å². The molecule has 1 aromatic heterocycles. The summed E-state index contributed by atoms with van der Waals surface area (Å²) in [5.74, 6) is -1.46. The number of carboxylic acid groups (broad SMARTS) is 1. The van der Waals surface area contributed by atoms with E-state index in [1.165, 1.54) is 25.2 Å². The summed E-state index contributed by atoms with van der Waals surface area (Å²) in [5.41, 5.74) is 4.06. The fraction of sp³-hybridized carbons (Fsp3) is 0.571. The molecule has 0 spiro atoms. The normalized spacial score (nSPS) is 13.0. The van der Waals surface area contributed by atoms with Crippen LogP contribution in [0.25, 0.3) is 0 Å². The van der Waals surface area contributed by atoms with Gasteiger partial charge in [-0.25, -0.2) is 9.78 Å². The lowest BCUT2D eigenvalue weighted by Gasteiger charge is -2.19. The molecule has 0 fully saturated rings. The van der Waals surface area contributed by atoms with E-state index in [2.05, 4.69) is 10.1 Å². The number of nitrogens with two attached hydrogens (primary N) is 1. The number of Topliss-reactive ketones (excluding diaryl/α,β-unsaturated/α-hetero) is 1. The van der Waals surface area contributed by atoms with Crippen LogP contribution in [0.15, 0.2) is 10.5 Å². The fourth-order valence-corrected chi connectivity index (χ4v) is 1.95. The van der Waals surface area contributed by atoms with Crippen LogP contribution in [0.4, 0.5) is 5.13 Å². The maximum absolute atomic E-state index is 12.4. The van der Waals surface area contributed by atoms with Crippen molar-refractivity contribution >= 4 is 33.9 Å². The number of rotatable bonds is 6. The van der Waals surface area contributed by atoms with Crippen molar-refractivity contribution in [1.29, 1.82) is 0 Å². The molecule has 0 aliphatic heterocycles. The van der Waals surface area contributed by atoms with Crippen molar-refractivity contribution in [3.63, 3.8) is 0 Å². The zero-order valence-electron chi connectivity index (χ0n) is 13.3. The maximum Gasteiger partial charge on any atom is 0.350 e. The van der Waals surface area contributed by atoms with E-state index >= 15 is 0 Å². The molecular formula is C14H21N3O4S. The number of ketones is 1. The topological polar surface area (TPSA) is 115 Å². The molecule has 0 radical (unpaired) electrons. The molecule has 0 aliphatic rings. The van der Waals surface area contributed by atoms with Crippen LogP contribution in [-0.4, -0.2) is 33.2 Å². The summed E-state index contributed by atoms with van der Waals surface area (Å²) in [6.45, 7) is 8.44. The van der Waals surface area contributed by atoms with E-state index in [0.29, 0.717) is 5.13 Å². The molecule has 0 unspecified atom stereocenters. The Morgan fingerprint density at radius 3 is 2.36 bits per heavy atom. The number of nitrogens with zero attached hydrogens (tertiary/aromatic N) is 2. The van der Waals surface area contributed by atoms with E-state index in [1.54, 1.807) is 5.38 Å². The van der Waals surface area contributed by atoms with Gasteiger partial charge in [0.2, 0.25) is 5.60 Å². The number of carbonyl (C=O) groups excluding carboxylic acids is 1. The van der Waals surface area contributed by atoms with Gasteiger partial charge in [-0.3, -0.25) is 4.79 Å². The zero-order valence-corrected chi connectivity index (χ0v) is 14.2. The molecule has 0 aliphatic carbocycles. The number of carbonyl (C=O) groups is 2. The molecule has 22 heavy (non-hydrogen) atoms. The number of aliphatic carboxylic acids is 1. The molecule has 1 heterocycles. The average Bonchev–Trinajstić information content (AvgIpc) is 2.73. The van der Waals surface area contributed by atoms with Crippen LogP contribution < -0.4 is 5.73 Å². The molecule has 0 bridgehead atoms. The third-order valence-electron chi connectivity index (χ3n) is 2.60. The second-order valence-corrected chi connectivity index (χ2v) is 7.47. The smallest absolute Gasteiger partial charge is 0.350 e. The zero-order chi connectivity index (χ0) is 17.1. The highest BCUT2D eigenvalue weighted by Gasteiger charge is 2.31. The Morgan fingerprint density at radius 1 is 1.36 bits per heavy atom. The third kappa shape index (κ3) is 5.10. The van der Waals surface area contributed by atoms with Gasteiger partial charge in [0.25, 0.3) is 0 Å². The summed E-state index contributed by atoms with van der Waals surface area (Å²) in [6, 6.07) is 0. The van der Waals surface area contributed by atoms with E-state index < -0.39 is 11.6 Å². The van der Waals surface area contributed by atoms with Gasteiger partial charge in [-0.05, 0) is 19.3 Å². The largest absolute Gasteiger partial charge is 0.478 e. The minimum Gasteiger partial charge on any atom is -0.478 e. The Balaban J connectivity index is 3.12. The highest BCUT2D eigenvalue weighted by molar-refractivity contribution is 7.13. The first-order valence-electron chi connectivity index (χ1n) is 6.66. The first-order valence-corrected chi connectivity index (χ1v) is 7.54. The number of thiazole rings is 1. The third-order valence-corrected chi connectivity index (χ3v) is 3.27. The Labute approximate surface area is 133 Å². The summed E-state index contributed by atoms with van der Waals surface area (Å²) < 4.78 is 0. The van der Waals surface area contributed by atoms with Crippen LogP contribution >= 0.6 is 11.3 Å². The summed E-state index contributed by atoms with van der Waals surface area (Å²) in [6.07, 6.45) is 0.222. The summed E-state index contributed by atoms with van der Waals surface area (Å²) >= 11 is 1.17. The molecule has 0 atom stereocenters. The molecular weight excluding hydrogens is 306 g/mol. The highest BCUT2D eigenvalue weighted by Crippen LogP contribution is 2.22. The number of nitrogen functional groups attached to an aromatic ring is 1. The van der Waals surface area contributed by atoms with Gasteiger partial charge in [-0.1, -0.05) is 25.9 Å². The Bertz CT molecular complexity index is 599. The van der Waals surface area contributed by atoms with Crippen LogP contribution in [0.5, 0.6) is 0 Å². The molecule has 0 amide bonds. The van der Waals surface area contributed by atoms with Crippen molar-refractivity contribution in [2.75, 3.05) is 5.73 Å². The number of carboxylic acids is 1. The average molecular weight is 327 g/mol. The Morgan fingerprint density at radius 2 is 1.95 bits per heavy atom. The van der Waals surface area contributed by atoms with Crippen molar-refractivity contribution in [3.8, 4) is 0 Å². The second kappa shape index (κ2) is 6.43. The molecule has 122 valence electrons. The van der Waals surface area contributed by atoms with Gasteiger partial charge >= 0.3 is 5.97 Å². The SMILES string of the molecule is CC(C)(C)CC(=O)/C(=N/OC(C)(C)C(=O)O)c1csc(N)n1. The molecule has 1 aromatic rings. The lowest BCUT2D eigenvalue weighted by Crippen LogP contribution is -2.34. The second-order valence-electron chi connectivity index (χ2n) is 6.58. The maximum atomic E-state index is 12.4. The van der Waals surface area contributed by atoms with Gasteiger partial charge in [0, 0.05) is 11.8 Å². The van der Waals surface area contributed by atoms with Crippen LogP contribution in [0.2, 0.25) is 0 Å². The Kier molecular flexibility index (Phi) is 5.29. The van der Waals surface area contributed by atoms with E-state index in [0.717, 1.165) is 0 Å². The van der Waals surface area contributed by atoms with E-state index in [-0.39, 0.29) is 29.0 Å². The van der Waals surface area contributed by atoms with E-state index in [1.807, 2.05) is 20.8 Å². The van der Waals surface area contributed by atoms with Crippen molar-refractivity contribution in [1.82, 2.24) is 4.98 Å². The number of hydrogen-bond acceptors (Lipinski definition) is 7. The summed E-state index contributed by atoms with van der Waals surface area (Å²) in [5, 5.41) is 14.7. The molecule has 0 saturated carbocycles. The van der Waals surface area contributed by atoms with Crippen LogP contribution in [-0.2, 0) is 14.4 Å². The quantitative estimate of drug-likeness (QED) is 0.612. The lowest BCUT2D eigenvalue weighted by atomic mass is 9.88. The first kappa shape index (κ1) is 18.1. The summed E-state index contributed by atoms with van der Waals surface area (Å²) in [4.78, 5) is 32.5. The van der Waals surface area contributed by atoms with E-state index in [9.17, 15) is 9.59 Å².